The monoisotopic (exact) mass is 312 g/mol. The minimum Gasteiger partial charge on any atom is -0.465 e. The van der Waals surface area contributed by atoms with Crippen LogP contribution in [-0.4, -0.2) is 26.5 Å². The van der Waals surface area contributed by atoms with Gasteiger partial charge in [-0.1, -0.05) is 0 Å². The molecule has 0 aromatic carbocycles. The molecule has 0 aliphatic carbocycles. The lowest BCUT2D eigenvalue weighted by Crippen LogP contribution is -2.24. The number of carbonyl (C=O) groups excluding carboxylic acids is 1. The Hall–Kier alpha value is -1.77. The number of nitrogens with one attached hydrogen (secondary N) is 1. The van der Waals surface area contributed by atoms with Gasteiger partial charge in [-0.2, -0.15) is 0 Å². The predicted molar refractivity (Wildman–Crippen MR) is 73.9 cm³/mol. The summed E-state index contributed by atoms with van der Waals surface area (Å²) in [5, 5.41) is 1.53. The molecular formula is C12H12N2O4S2. The summed E-state index contributed by atoms with van der Waals surface area (Å²) in [6.45, 7) is 0.126. The molecule has 0 radical (unpaired) electrons. The molecule has 0 spiro atoms. The molecule has 0 saturated heterocycles. The van der Waals surface area contributed by atoms with E-state index < -0.39 is 16.0 Å². The van der Waals surface area contributed by atoms with Gasteiger partial charge in [-0.15, -0.1) is 11.3 Å². The first-order valence-corrected chi connectivity index (χ1v) is 7.95. The van der Waals surface area contributed by atoms with Gasteiger partial charge in [-0.25, -0.2) is 17.9 Å². The van der Waals surface area contributed by atoms with Crippen LogP contribution in [0.3, 0.4) is 0 Å². The van der Waals surface area contributed by atoms with E-state index in [9.17, 15) is 13.2 Å². The second-order valence-corrected chi connectivity index (χ2v) is 6.44. The molecule has 0 aliphatic rings. The van der Waals surface area contributed by atoms with E-state index in [1.807, 2.05) is 0 Å². The zero-order valence-electron chi connectivity index (χ0n) is 10.6. The van der Waals surface area contributed by atoms with Crippen molar-refractivity contribution in [1.82, 2.24) is 9.71 Å². The number of thiophene rings is 1. The number of pyridine rings is 1. The second-order valence-electron chi connectivity index (χ2n) is 3.79. The molecular weight excluding hydrogens is 300 g/mol. The third-order valence-electron chi connectivity index (χ3n) is 2.51. The Kier molecular flexibility index (Phi) is 4.48. The van der Waals surface area contributed by atoms with E-state index in [1.165, 1.54) is 18.6 Å². The van der Waals surface area contributed by atoms with Crippen molar-refractivity contribution < 1.29 is 17.9 Å². The van der Waals surface area contributed by atoms with Crippen molar-refractivity contribution in [3.63, 3.8) is 0 Å². The molecule has 2 aromatic rings. The van der Waals surface area contributed by atoms with Crippen LogP contribution >= 0.6 is 11.3 Å². The highest BCUT2D eigenvalue weighted by Crippen LogP contribution is 2.22. The van der Waals surface area contributed by atoms with Gasteiger partial charge in [0.25, 0.3) is 0 Å². The van der Waals surface area contributed by atoms with Gasteiger partial charge in [-0.05, 0) is 29.1 Å². The first-order chi connectivity index (χ1) is 9.54. The Labute approximate surface area is 120 Å². The highest BCUT2D eigenvalue weighted by atomic mass is 32.2. The van der Waals surface area contributed by atoms with Gasteiger partial charge in [0.1, 0.15) is 9.77 Å². The molecule has 106 valence electrons. The molecule has 8 heteroatoms. The quantitative estimate of drug-likeness (QED) is 0.844. The second kappa shape index (κ2) is 6.12. The van der Waals surface area contributed by atoms with Gasteiger partial charge in [0.05, 0.1) is 7.11 Å². The van der Waals surface area contributed by atoms with Crippen LogP contribution in [0.15, 0.2) is 40.9 Å². The Balaban J connectivity index is 2.19. The van der Waals surface area contributed by atoms with Crippen molar-refractivity contribution in [3.8, 4) is 0 Å². The van der Waals surface area contributed by atoms with Crippen molar-refractivity contribution in [1.29, 1.82) is 0 Å². The van der Waals surface area contributed by atoms with Crippen molar-refractivity contribution in [2.24, 2.45) is 0 Å². The Morgan fingerprint density at radius 1 is 1.35 bits per heavy atom. The van der Waals surface area contributed by atoms with Crippen LogP contribution in [0.25, 0.3) is 0 Å². The van der Waals surface area contributed by atoms with E-state index >= 15 is 0 Å². The van der Waals surface area contributed by atoms with E-state index in [0.29, 0.717) is 0 Å². The van der Waals surface area contributed by atoms with Crippen LogP contribution in [0.2, 0.25) is 0 Å². The van der Waals surface area contributed by atoms with Crippen LogP contribution < -0.4 is 4.72 Å². The molecule has 0 atom stereocenters. The SMILES string of the molecule is COC(=O)c1sccc1S(=O)(=O)NCc1ccncc1. The Bertz CT molecular complexity index is 695. The number of sulfonamides is 1. The van der Waals surface area contributed by atoms with E-state index in [4.69, 9.17) is 0 Å². The van der Waals surface area contributed by atoms with Crippen LogP contribution in [0.4, 0.5) is 0 Å². The van der Waals surface area contributed by atoms with Crippen LogP contribution in [0, 0.1) is 0 Å². The first-order valence-electron chi connectivity index (χ1n) is 5.59. The van der Waals surface area contributed by atoms with Gasteiger partial charge in [-0.3, -0.25) is 4.98 Å². The molecule has 2 aromatic heterocycles. The van der Waals surface area contributed by atoms with E-state index in [0.717, 1.165) is 16.9 Å². The average Bonchev–Trinajstić information content (AvgIpc) is 2.96. The van der Waals surface area contributed by atoms with Crippen LogP contribution in [-0.2, 0) is 21.3 Å². The minimum atomic E-state index is -3.76. The number of nitrogens with zero attached hydrogens (tertiary/aromatic N) is 1. The van der Waals surface area contributed by atoms with E-state index in [1.54, 1.807) is 24.5 Å². The summed E-state index contributed by atoms with van der Waals surface area (Å²) in [5.74, 6) is -0.663. The van der Waals surface area contributed by atoms with Gasteiger partial charge in [0, 0.05) is 18.9 Å². The molecule has 1 N–H and O–H groups in total. The molecule has 0 aliphatic heterocycles. The predicted octanol–water partition coefficient (Wildman–Crippen LogP) is 1.41. The number of hydrogen-bond acceptors (Lipinski definition) is 6. The van der Waals surface area contributed by atoms with Crippen molar-refractivity contribution >= 4 is 27.3 Å². The Morgan fingerprint density at radius 2 is 2.05 bits per heavy atom. The summed E-state index contributed by atoms with van der Waals surface area (Å²) in [6, 6.07) is 4.79. The normalized spacial score (nSPS) is 11.2. The van der Waals surface area contributed by atoms with Crippen molar-refractivity contribution in [3.05, 3.63) is 46.4 Å². The summed E-state index contributed by atoms with van der Waals surface area (Å²) in [4.78, 5) is 15.4. The Morgan fingerprint density at radius 3 is 2.70 bits per heavy atom. The number of rotatable bonds is 5. The third kappa shape index (κ3) is 3.21. The van der Waals surface area contributed by atoms with Gasteiger partial charge in [0.15, 0.2) is 0 Å². The zero-order valence-corrected chi connectivity index (χ0v) is 12.2. The summed E-state index contributed by atoms with van der Waals surface area (Å²) in [7, 11) is -2.55. The van der Waals surface area contributed by atoms with E-state index in [-0.39, 0.29) is 16.3 Å². The number of methoxy groups -OCH3 is 1. The molecule has 0 amide bonds. The molecule has 0 bridgehead atoms. The smallest absolute Gasteiger partial charge is 0.349 e. The van der Waals surface area contributed by atoms with Gasteiger partial charge in [0.2, 0.25) is 10.0 Å². The molecule has 0 saturated carbocycles. The number of aromatic nitrogens is 1. The summed E-state index contributed by atoms with van der Waals surface area (Å²) < 4.78 is 31.4. The highest BCUT2D eigenvalue weighted by molar-refractivity contribution is 7.89. The first kappa shape index (κ1) is 14.6. The molecule has 2 rings (SSSR count). The summed E-state index contributed by atoms with van der Waals surface area (Å²) in [5.41, 5.74) is 0.776. The topological polar surface area (TPSA) is 85.4 Å². The van der Waals surface area contributed by atoms with Crippen LogP contribution in [0.5, 0.6) is 0 Å². The lowest BCUT2D eigenvalue weighted by atomic mass is 10.3. The van der Waals surface area contributed by atoms with Gasteiger partial charge < -0.3 is 4.74 Å². The summed E-state index contributed by atoms with van der Waals surface area (Å²) >= 11 is 1.03. The fourth-order valence-electron chi connectivity index (χ4n) is 1.51. The maximum Gasteiger partial charge on any atom is 0.349 e. The number of hydrogen-bond donors (Lipinski definition) is 1. The van der Waals surface area contributed by atoms with Crippen LogP contribution in [0.1, 0.15) is 15.2 Å². The third-order valence-corrected chi connectivity index (χ3v) is 4.97. The van der Waals surface area contributed by atoms with E-state index in [2.05, 4.69) is 14.4 Å². The zero-order chi connectivity index (χ0) is 14.6. The molecule has 0 unspecified atom stereocenters. The average molecular weight is 312 g/mol. The molecule has 2 heterocycles. The highest BCUT2D eigenvalue weighted by Gasteiger charge is 2.24. The fourth-order valence-corrected chi connectivity index (χ4v) is 3.86. The van der Waals surface area contributed by atoms with Gasteiger partial charge >= 0.3 is 5.97 Å². The fraction of sp³-hybridized carbons (Fsp3) is 0.167. The molecule has 20 heavy (non-hydrogen) atoms. The minimum absolute atomic E-state index is 0.0646. The molecule has 0 fully saturated rings. The maximum atomic E-state index is 12.2. The maximum absolute atomic E-state index is 12.2. The lowest BCUT2D eigenvalue weighted by Gasteiger charge is -2.06. The number of ether oxygens (including phenoxy) is 1. The number of esters is 1. The molecule has 6 nitrogen and oxygen atoms in total. The van der Waals surface area contributed by atoms with Crippen molar-refractivity contribution in [2.75, 3.05) is 7.11 Å². The standard InChI is InChI=1S/C12H12N2O4S2/c1-18-12(15)11-10(4-7-19-11)20(16,17)14-8-9-2-5-13-6-3-9/h2-7,14H,8H2,1H3. The number of carbonyl (C=O) groups is 1. The largest absolute Gasteiger partial charge is 0.465 e. The summed E-state index contributed by atoms with van der Waals surface area (Å²) in [6.07, 6.45) is 3.15. The lowest BCUT2D eigenvalue weighted by molar-refractivity contribution is 0.0602. The van der Waals surface area contributed by atoms with Crippen molar-refractivity contribution in [2.45, 2.75) is 11.4 Å².